The van der Waals surface area contributed by atoms with Crippen LogP contribution >= 0.6 is 0 Å². The molecule has 1 N–H and O–H groups in total. The number of Topliss-reactive ketones (excluding diaryl/α,β-unsaturated/α-hetero) is 1. The minimum atomic E-state index is -0.0991. The van der Waals surface area contributed by atoms with Crippen LogP contribution in [0.2, 0.25) is 0 Å². The van der Waals surface area contributed by atoms with Gasteiger partial charge in [0.2, 0.25) is 0 Å². The monoisotopic (exact) mass is 467 g/mol. The molecule has 4 aromatic rings. The maximum Gasteiger partial charge on any atom is 0.147 e. The number of aromatic nitrogens is 3. The number of nitrogens with zero attached hydrogens (tertiary/aromatic N) is 5. The predicted octanol–water partition coefficient (Wildman–Crippen LogP) is 3.51. The first-order chi connectivity index (χ1) is 17.2. The lowest BCUT2D eigenvalue weighted by molar-refractivity contribution is -0.119. The average Bonchev–Trinajstić information content (AvgIpc) is 2.90. The molecular formula is C28H29N5O2. The van der Waals surface area contributed by atoms with Crippen LogP contribution in [0.1, 0.15) is 17.5 Å². The summed E-state index contributed by atoms with van der Waals surface area (Å²) in [4.78, 5) is 30.4. The standard InChI is InChI=1S/C28H29N5O2/c34-15-9-25(35)16-21-3-5-23(6-4-21)24-7-8-26-27(17-24)31-28(19-30-26)33-13-11-32(12-14-33)20-22-2-1-10-29-18-22/h1-8,10,17-19,34H,9,11-16,20H2. The Bertz CT molecular complexity index is 1290. The molecule has 0 aliphatic carbocycles. The van der Waals surface area contributed by atoms with Gasteiger partial charge in [-0.15, -0.1) is 0 Å². The smallest absolute Gasteiger partial charge is 0.147 e. The third kappa shape index (κ3) is 5.70. The number of fused-ring (bicyclic) bond motifs is 1. The van der Waals surface area contributed by atoms with Gasteiger partial charge in [-0.05, 0) is 40.5 Å². The molecule has 3 heterocycles. The van der Waals surface area contributed by atoms with Crippen LogP contribution in [0.15, 0.2) is 73.2 Å². The van der Waals surface area contributed by atoms with E-state index in [4.69, 9.17) is 10.1 Å². The number of carbonyl (C=O) groups is 1. The zero-order valence-electron chi connectivity index (χ0n) is 19.7. The predicted molar refractivity (Wildman–Crippen MR) is 137 cm³/mol. The first kappa shape index (κ1) is 23.1. The molecule has 1 aliphatic rings. The van der Waals surface area contributed by atoms with Gasteiger partial charge in [-0.25, -0.2) is 4.98 Å². The highest BCUT2D eigenvalue weighted by Gasteiger charge is 2.19. The number of hydrogen-bond donors (Lipinski definition) is 1. The Morgan fingerprint density at radius 2 is 1.69 bits per heavy atom. The number of benzene rings is 2. The normalized spacial score (nSPS) is 14.4. The molecule has 1 saturated heterocycles. The number of pyridine rings is 1. The number of aliphatic hydroxyl groups excluding tert-OH is 1. The van der Waals surface area contributed by atoms with E-state index in [1.165, 1.54) is 5.56 Å². The highest BCUT2D eigenvalue weighted by Crippen LogP contribution is 2.25. The fourth-order valence-electron chi connectivity index (χ4n) is 4.47. The van der Waals surface area contributed by atoms with Crippen LogP contribution in [-0.4, -0.2) is 63.5 Å². The SMILES string of the molecule is O=C(CCO)Cc1ccc(-c2ccc3ncc(N4CCN(Cc5cccnc5)CC4)nc3c2)cc1. The van der Waals surface area contributed by atoms with Crippen molar-refractivity contribution >= 4 is 22.6 Å². The molecule has 2 aromatic carbocycles. The lowest BCUT2D eigenvalue weighted by Crippen LogP contribution is -2.46. The van der Waals surface area contributed by atoms with E-state index in [2.05, 4.69) is 38.0 Å². The molecule has 7 nitrogen and oxygen atoms in total. The van der Waals surface area contributed by atoms with Crippen molar-refractivity contribution in [3.8, 4) is 11.1 Å². The van der Waals surface area contributed by atoms with Crippen LogP contribution in [-0.2, 0) is 17.8 Å². The largest absolute Gasteiger partial charge is 0.396 e. The Kier molecular flexibility index (Phi) is 7.07. The van der Waals surface area contributed by atoms with Gasteiger partial charge in [-0.3, -0.25) is 19.7 Å². The Morgan fingerprint density at radius 3 is 2.43 bits per heavy atom. The van der Waals surface area contributed by atoms with Gasteiger partial charge in [0.05, 0.1) is 17.2 Å². The zero-order chi connectivity index (χ0) is 24.0. The van der Waals surface area contributed by atoms with Gasteiger partial charge >= 0.3 is 0 Å². The van der Waals surface area contributed by atoms with Crippen molar-refractivity contribution in [2.24, 2.45) is 0 Å². The minimum Gasteiger partial charge on any atom is -0.396 e. The van der Waals surface area contributed by atoms with Crippen molar-refractivity contribution in [3.05, 3.63) is 84.3 Å². The van der Waals surface area contributed by atoms with Gasteiger partial charge in [0, 0.05) is 64.6 Å². The lowest BCUT2D eigenvalue weighted by atomic mass is 10.0. The summed E-state index contributed by atoms with van der Waals surface area (Å²) in [5.74, 6) is 0.958. The minimum absolute atomic E-state index is 0.0478. The highest BCUT2D eigenvalue weighted by molar-refractivity contribution is 5.83. The summed E-state index contributed by atoms with van der Waals surface area (Å²) in [7, 11) is 0. The van der Waals surface area contributed by atoms with Crippen LogP contribution in [0.4, 0.5) is 5.82 Å². The topological polar surface area (TPSA) is 82.5 Å². The third-order valence-electron chi connectivity index (χ3n) is 6.43. The molecule has 0 saturated carbocycles. The molecular weight excluding hydrogens is 438 g/mol. The maximum absolute atomic E-state index is 11.8. The fraction of sp³-hybridized carbons (Fsp3) is 0.286. The van der Waals surface area contributed by atoms with Crippen LogP contribution < -0.4 is 4.90 Å². The number of rotatable bonds is 8. The van der Waals surface area contributed by atoms with Crippen LogP contribution in [0, 0.1) is 0 Å². The molecule has 0 bridgehead atoms. The highest BCUT2D eigenvalue weighted by atomic mass is 16.3. The van der Waals surface area contributed by atoms with E-state index in [-0.39, 0.29) is 18.8 Å². The quantitative estimate of drug-likeness (QED) is 0.425. The average molecular weight is 468 g/mol. The first-order valence-electron chi connectivity index (χ1n) is 12.0. The van der Waals surface area contributed by atoms with E-state index in [0.717, 1.165) is 66.3 Å². The molecule has 7 heteroatoms. The van der Waals surface area contributed by atoms with Crippen molar-refractivity contribution in [1.82, 2.24) is 19.9 Å². The second-order valence-corrected chi connectivity index (χ2v) is 8.94. The van der Waals surface area contributed by atoms with E-state index in [9.17, 15) is 4.79 Å². The molecule has 0 unspecified atom stereocenters. The van der Waals surface area contributed by atoms with Crippen molar-refractivity contribution in [1.29, 1.82) is 0 Å². The summed E-state index contributed by atoms with van der Waals surface area (Å²) in [6.07, 6.45) is 6.17. The van der Waals surface area contributed by atoms with Gasteiger partial charge in [-0.1, -0.05) is 36.4 Å². The van der Waals surface area contributed by atoms with Crippen LogP contribution in [0.25, 0.3) is 22.2 Å². The fourth-order valence-corrected chi connectivity index (χ4v) is 4.47. The summed E-state index contributed by atoms with van der Waals surface area (Å²) in [5, 5.41) is 8.92. The second-order valence-electron chi connectivity index (χ2n) is 8.94. The van der Waals surface area contributed by atoms with Gasteiger partial charge < -0.3 is 10.0 Å². The number of anilines is 1. The van der Waals surface area contributed by atoms with Crippen LogP contribution in [0.3, 0.4) is 0 Å². The van der Waals surface area contributed by atoms with Crippen molar-refractivity contribution in [2.75, 3.05) is 37.7 Å². The van der Waals surface area contributed by atoms with Gasteiger partial charge in [0.15, 0.2) is 0 Å². The maximum atomic E-state index is 11.8. The van der Waals surface area contributed by atoms with Crippen molar-refractivity contribution in [3.63, 3.8) is 0 Å². The summed E-state index contributed by atoms with van der Waals surface area (Å²) < 4.78 is 0. The molecule has 0 atom stereocenters. The summed E-state index contributed by atoms with van der Waals surface area (Å²) in [5.41, 5.74) is 6.08. The summed E-state index contributed by atoms with van der Waals surface area (Å²) in [6.45, 7) is 4.60. The Balaban J connectivity index is 1.27. The molecule has 1 aliphatic heterocycles. The Labute approximate surface area is 205 Å². The van der Waals surface area contributed by atoms with E-state index in [1.54, 1.807) is 0 Å². The Morgan fingerprint density at radius 1 is 0.886 bits per heavy atom. The first-order valence-corrected chi connectivity index (χ1v) is 12.0. The van der Waals surface area contributed by atoms with Gasteiger partial charge in [0.25, 0.3) is 0 Å². The molecule has 0 radical (unpaired) electrons. The molecule has 0 spiro atoms. The number of aliphatic hydroxyl groups is 1. The van der Waals surface area contributed by atoms with E-state index in [1.807, 2.05) is 55.0 Å². The molecule has 5 rings (SSSR count). The van der Waals surface area contributed by atoms with E-state index < -0.39 is 0 Å². The second kappa shape index (κ2) is 10.7. The molecule has 178 valence electrons. The Hall–Kier alpha value is -3.68. The van der Waals surface area contributed by atoms with Gasteiger partial charge in [0.1, 0.15) is 11.6 Å². The van der Waals surface area contributed by atoms with Crippen molar-refractivity contribution in [2.45, 2.75) is 19.4 Å². The zero-order valence-corrected chi connectivity index (χ0v) is 19.7. The summed E-state index contributed by atoms with van der Waals surface area (Å²) >= 11 is 0. The van der Waals surface area contributed by atoms with Gasteiger partial charge in [-0.2, -0.15) is 0 Å². The van der Waals surface area contributed by atoms with Crippen molar-refractivity contribution < 1.29 is 9.90 Å². The summed E-state index contributed by atoms with van der Waals surface area (Å²) in [6, 6.07) is 18.3. The van der Waals surface area contributed by atoms with E-state index >= 15 is 0 Å². The number of piperazine rings is 1. The number of hydrogen-bond acceptors (Lipinski definition) is 7. The number of carbonyl (C=O) groups excluding carboxylic acids is 1. The van der Waals surface area contributed by atoms with Crippen LogP contribution in [0.5, 0.6) is 0 Å². The number of ketones is 1. The molecule has 1 fully saturated rings. The molecule has 35 heavy (non-hydrogen) atoms. The lowest BCUT2D eigenvalue weighted by Gasteiger charge is -2.35. The molecule has 0 amide bonds. The molecule has 2 aromatic heterocycles. The van der Waals surface area contributed by atoms with E-state index in [0.29, 0.717) is 6.42 Å². The third-order valence-corrected chi connectivity index (χ3v) is 6.43.